The molecule has 0 radical (unpaired) electrons. The largest absolute Gasteiger partial charge is 0.504 e. The Kier molecular flexibility index (Phi) is 4.52. The van der Waals surface area contributed by atoms with Gasteiger partial charge in [-0.25, -0.2) is 4.99 Å². The van der Waals surface area contributed by atoms with Crippen molar-refractivity contribution in [2.45, 2.75) is 19.4 Å². The second kappa shape index (κ2) is 6.34. The predicted molar refractivity (Wildman–Crippen MR) is 82.6 cm³/mol. The Morgan fingerprint density at radius 3 is 2.95 bits per heavy atom. The Morgan fingerprint density at radius 2 is 2.19 bits per heavy atom. The van der Waals surface area contributed by atoms with Crippen molar-refractivity contribution < 1.29 is 10.2 Å². The van der Waals surface area contributed by atoms with Crippen LogP contribution in [0.1, 0.15) is 12.5 Å². The van der Waals surface area contributed by atoms with Crippen molar-refractivity contribution in [3.8, 4) is 11.5 Å². The van der Waals surface area contributed by atoms with E-state index < -0.39 is 0 Å². The molecule has 5 N–H and O–H groups in total. The number of aromatic hydroxyl groups is 2. The Bertz CT molecular complexity index is 570. The first-order valence-corrected chi connectivity index (χ1v) is 6.83. The van der Waals surface area contributed by atoms with E-state index in [-0.39, 0.29) is 17.5 Å². The van der Waals surface area contributed by atoms with Gasteiger partial charge >= 0.3 is 0 Å². The van der Waals surface area contributed by atoms with Crippen molar-refractivity contribution in [3.63, 3.8) is 0 Å². The van der Waals surface area contributed by atoms with E-state index in [0.717, 1.165) is 0 Å². The minimum Gasteiger partial charge on any atom is -0.504 e. The Morgan fingerprint density at radius 1 is 1.43 bits per heavy atom. The summed E-state index contributed by atoms with van der Waals surface area (Å²) in [5, 5.41) is 22.2. The van der Waals surface area contributed by atoms with Gasteiger partial charge in [-0.05, 0) is 25.0 Å². The first-order chi connectivity index (χ1) is 9.97. The second-order valence-corrected chi connectivity index (χ2v) is 5.11. The smallest absolute Gasteiger partial charge is 0.200 e. The van der Waals surface area contributed by atoms with E-state index in [4.69, 9.17) is 5.73 Å². The van der Waals surface area contributed by atoms with E-state index in [9.17, 15) is 10.2 Å². The first-order valence-electron chi connectivity index (χ1n) is 6.83. The van der Waals surface area contributed by atoms with E-state index in [1.54, 1.807) is 12.1 Å². The zero-order chi connectivity index (χ0) is 15.4. The maximum Gasteiger partial charge on any atom is 0.200 e. The standard InChI is InChI=1S/C14H21N5O2/c1-9-8-16-13(15)18-14(17-9)19(2)7-6-10-4-3-5-11(20)12(10)21/h3-5,9,20-21H,6-8H2,1-2H3,(H3,15,16,17,18). The Balaban J connectivity index is 2.03. The summed E-state index contributed by atoms with van der Waals surface area (Å²) in [5.74, 6) is 0.826. The molecule has 7 heteroatoms. The van der Waals surface area contributed by atoms with Crippen molar-refractivity contribution in [1.82, 2.24) is 10.2 Å². The SMILES string of the molecule is CC1CN=C(N)NC(N(C)CCc2cccc(O)c2O)=N1. The number of hydrogen-bond donors (Lipinski definition) is 4. The topological polar surface area (TPSA) is 106 Å². The van der Waals surface area contributed by atoms with Crippen LogP contribution in [0, 0.1) is 0 Å². The van der Waals surface area contributed by atoms with Gasteiger partial charge in [0.25, 0.3) is 0 Å². The molecule has 114 valence electrons. The highest BCUT2D eigenvalue weighted by molar-refractivity contribution is 5.98. The van der Waals surface area contributed by atoms with Gasteiger partial charge in [-0.3, -0.25) is 10.3 Å². The highest BCUT2D eigenvalue weighted by Crippen LogP contribution is 2.28. The maximum absolute atomic E-state index is 9.80. The number of benzene rings is 1. The third-order valence-electron chi connectivity index (χ3n) is 3.28. The van der Waals surface area contributed by atoms with E-state index >= 15 is 0 Å². The fourth-order valence-corrected chi connectivity index (χ4v) is 2.03. The van der Waals surface area contributed by atoms with Crippen LogP contribution in [0.3, 0.4) is 0 Å². The number of rotatable bonds is 3. The van der Waals surface area contributed by atoms with Crippen LogP contribution in [0.2, 0.25) is 0 Å². The van der Waals surface area contributed by atoms with E-state index in [1.165, 1.54) is 6.07 Å². The molecule has 0 aromatic heterocycles. The van der Waals surface area contributed by atoms with Gasteiger partial charge in [0, 0.05) is 13.6 Å². The molecule has 1 aliphatic rings. The zero-order valence-electron chi connectivity index (χ0n) is 12.2. The van der Waals surface area contributed by atoms with Crippen LogP contribution < -0.4 is 11.1 Å². The summed E-state index contributed by atoms with van der Waals surface area (Å²) in [7, 11) is 1.89. The molecule has 0 spiro atoms. The monoisotopic (exact) mass is 291 g/mol. The molecule has 1 heterocycles. The molecule has 0 amide bonds. The van der Waals surface area contributed by atoms with Crippen LogP contribution in [-0.4, -0.2) is 53.2 Å². The number of guanidine groups is 2. The molecule has 0 bridgehead atoms. The fourth-order valence-electron chi connectivity index (χ4n) is 2.03. The molecular formula is C14H21N5O2. The average Bonchev–Trinajstić information content (AvgIpc) is 2.62. The molecule has 7 nitrogen and oxygen atoms in total. The number of nitrogens with one attached hydrogen (secondary N) is 1. The summed E-state index contributed by atoms with van der Waals surface area (Å²) in [6, 6.07) is 5.01. The lowest BCUT2D eigenvalue weighted by molar-refractivity contribution is 0.396. The molecule has 1 aromatic carbocycles. The molecule has 1 aromatic rings. The number of hydrogen-bond acceptors (Lipinski definition) is 7. The fraction of sp³-hybridized carbons (Fsp3) is 0.429. The zero-order valence-corrected chi connectivity index (χ0v) is 12.2. The number of phenols is 2. The van der Waals surface area contributed by atoms with Gasteiger partial charge < -0.3 is 20.8 Å². The highest BCUT2D eigenvalue weighted by atomic mass is 16.3. The third-order valence-corrected chi connectivity index (χ3v) is 3.28. The number of aliphatic imine (C=N–C) groups is 2. The van der Waals surface area contributed by atoms with Gasteiger partial charge in [-0.2, -0.15) is 0 Å². The minimum absolute atomic E-state index is 0.0603. The summed E-state index contributed by atoms with van der Waals surface area (Å²) in [6.45, 7) is 3.14. The molecule has 0 saturated carbocycles. The van der Waals surface area contributed by atoms with Gasteiger partial charge in [0.1, 0.15) is 0 Å². The summed E-state index contributed by atoms with van der Waals surface area (Å²) >= 11 is 0. The lowest BCUT2D eigenvalue weighted by Gasteiger charge is -2.22. The van der Waals surface area contributed by atoms with Gasteiger partial charge in [0.2, 0.25) is 5.96 Å². The molecular weight excluding hydrogens is 270 g/mol. The van der Waals surface area contributed by atoms with E-state index in [0.29, 0.717) is 37.0 Å². The number of nitrogens with two attached hydrogens (primary N) is 1. The molecule has 0 fully saturated rings. The average molecular weight is 291 g/mol. The van der Waals surface area contributed by atoms with E-state index in [1.807, 2.05) is 18.9 Å². The van der Waals surface area contributed by atoms with Crippen molar-refractivity contribution >= 4 is 11.9 Å². The Hall–Kier alpha value is -2.44. The molecule has 1 unspecified atom stereocenters. The van der Waals surface area contributed by atoms with Crippen molar-refractivity contribution in [3.05, 3.63) is 23.8 Å². The highest BCUT2D eigenvalue weighted by Gasteiger charge is 2.14. The lowest BCUT2D eigenvalue weighted by atomic mass is 10.1. The van der Waals surface area contributed by atoms with Gasteiger partial charge in [0.05, 0.1) is 12.6 Å². The van der Waals surface area contributed by atoms with E-state index in [2.05, 4.69) is 15.3 Å². The van der Waals surface area contributed by atoms with Gasteiger partial charge in [-0.1, -0.05) is 12.1 Å². The second-order valence-electron chi connectivity index (χ2n) is 5.11. The maximum atomic E-state index is 9.80. The quantitative estimate of drug-likeness (QED) is 0.597. The van der Waals surface area contributed by atoms with Gasteiger partial charge in [-0.15, -0.1) is 0 Å². The molecule has 1 atom stereocenters. The van der Waals surface area contributed by atoms with Crippen LogP contribution >= 0.6 is 0 Å². The number of para-hydroxylation sites is 1. The first kappa shape index (κ1) is 15.0. The molecule has 21 heavy (non-hydrogen) atoms. The predicted octanol–water partition coefficient (Wildman–Crippen LogP) is 0.235. The number of phenolic OH excluding ortho intramolecular Hbond substituents is 2. The summed E-state index contributed by atoms with van der Waals surface area (Å²) in [4.78, 5) is 10.6. The van der Waals surface area contributed by atoms with Gasteiger partial charge in [0.15, 0.2) is 17.5 Å². The normalized spacial score (nSPS) is 18.3. The third kappa shape index (κ3) is 3.77. The number of nitrogens with zero attached hydrogens (tertiary/aromatic N) is 3. The minimum atomic E-state index is -0.106. The summed E-state index contributed by atoms with van der Waals surface area (Å²) in [6.07, 6.45) is 0.572. The van der Waals surface area contributed by atoms with Crippen molar-refractivity contribution in [2.24, 2.45) is 15.7 Å². The molecule has 0 aliphatic carbocycles. The molecule has 0 saturated heterocycles. The molecule has 1 aliphatic heterocycles. The Labute approximate surface area is 123 Å². The van der Waals surface area contributed by atoms with Crippen molar-refractivity contribution in [2.75, 3.05) is 20.1 Å². The van der Waals surface area contributed by atoms with Crippen LogP contribution in [0.4, 0.5) is 0 Å². The summed E-state index contributed by atoms with van der Waals surface area (Å²) < 4.78 is 0. The number of likely N-dealkylation sites (N-methyl/N-ethyl adjacent to an activating group) is 1. The summed E-state index contributed by atoms with van der Waals surface area (Å²) in [5.41, 5.74) is 6.42. The molecule has 2 rings (SSSR count). The van der Waals surface area contributed by atoms with Crippen LogP contribution in [0.5, 0.6) is 11.5 Å². The van der Waals surface area contributed by atoms with Crippen LogP contribution in [0.15, 0.2) is 28.2 Å². The van der Waals surface area contributed by atoms with Crippen molar-refractivity contribution in [1.29, 1.82) is 0 Å². The lowest BCUT2D eigenvalue weighted by Crippen LogP contribution is -2.45. The van der Waals surface area contributed by atoms with Crippen LogP contribution in [0.25, 0.3) is 0 Å². The van der Waals surface area contributed by atoms with Crippen LogP contribution in [-0.2, 0) is 6.42 Å².